The second-order valence-corrected chi connectivity index (χ2v) is 5.64. The zero-order chi connectivity index (χ0) is 16.1. The van der Waals surface area contributed by atoms with E-state index in [1.165, 1.54) is 24.3 Å². The predicted molar refractivity (Wildman–Crippen MR) is 83.9 cm³/mol. The van der Waals surface area contributed by atoms with Gasteiger partial charge in [-0.15, -0.1) is 11.8 Å². The fourth-order valence-corrected chi connectivity index (χ4v) is 2.57. The number of rotatable bonds is 5. The molecular weight excluding hydrogens is 331 g/mol. The van der Waals surface area contributed by atoms with Gasteiger partial charge in [0.05, 0.1) is 10.7 Å². The molecule has 0 aliphatic heterocycles. The van der Waals surface area contributed by atoms with Crippen molar-refractivity contribution < 1.29 is 14.1 Å². The summed E-state index contributed by atoms with van der Waals surface area (Å²) in [7, 11) is 0. The summed E-state index contributed by atoms with van der Waals surface area (Å²) in [5.41, 5.74) is -0.245. The van der Waals surface area contributed by atoms with Crippen LogP contribution >= 0.6 is 23.4 Å². The molecule has 22 heavy (non-hydrogen) atoms. The lowest BCUT2D eigenvalue weighted by Crippen LogP contribution is -2.15. The Morgan fingerprint density at radius 3 is 2.73 bits per heavy atom. The number of carbonyl (C=O) groups is 1. The molecular formula is C14H10ClFN2O3S. The van der Waals surface area contributed by atoms with Crippen LogP contribution in [0, 0.1) is 15.9 Å². The van der Waals surface area contributed by atoms with Crippen LogP contribution in [-0.2, 0) is 4.79 Å². The Morgan fingerprint density at radius 2 is 2.05 bits per heavy atom. The average Bonchev–Trinajstić information content (AvgIpc) is 2.46. The highest BCUT2D eigenvalue weighted by Crippen LogP contribution is 2.28. The highest BCUT2D eigenvalue weighted by atomic mass is 35.5. The van der Waals surface area contributed by atoms with Crippen LogP contribution in [0.25, 0.3) is 0 Å². The fraction of sp³-hybridized carbons (Fsp3) is 0.0714. The van der Waals surface area contributed by atoms with E-state index in [9.17, 15) is 19.3 Å². The molecule has 1 N–H and O–H groups in total. The first kappa shape index (κ1) is 16.3. The molecule has 0 aliphatic carbocycles. The molecule has 2 aromatic rings. The van der Waals surface area contributed by atoms with Gasteiger partial charge in [0.15, 0.2) is 0 Å². The Morgan fingerprint density at radius 1 is 1.32 bits per heavy atom. The molecule has 0 spiro atoms. The van der Waals surface area contributed by atoms with E-state index in [-0.39, 0.29) is 22.2 Å². The van der Waals surface area contributed by atoms with E-state index in [0.717, 1.165) is 11.8 Å². The molecule has 0 atom stereocenters. The number of nitrogens with one attached hydrogen (secondary N) is 1. The van der Waals surface area contributed by atoms with Crippen LogP contribution in [-0.4, -0.2) is 16.6 Å². The van der Waals surface area contributed by atoms with Gasteiger partial charge in [-0.1, -0.05) is 23.7 Å². The van der Waals surface area contributed by atoms with Gasteiger partial charge < -0.3 is 5.32 Å². The standard InChI is InChI=1S/C14H10ClFN2O3S/c15-9-5-6-12(18(20)21)11(7-9)17-14(19)8-22-13-4-2-1-3-10(13)16/h1-7H,8H2,(H,17,19). The van der Waals surface area contributed by atoms with Crippen LogP contribution in [0.3, 0.4) is 0 Å². The third kappa shape index (κ3) is 4.19. The monoisotopic (exact) mass is 340 g/mol. The Kier molecular flexibility index (Phi) is 5.35. The Hall–Kier alpha value is -2.12. The smallest absolute Gasteiger partial charge is 0.292 e. The summed E-state index contributed by atoms with van der Waals surface area (Å²) in [5, 5.41) is 13.6. The highest BCUT2D eigenvalue weighted by Gasteiger charge is 2.16. The second kappa shape index (κ2) is 7.24. The number of hydrogen-bond acceptors (Lipinski definition) is 4. The molecule has 1 amide bonds. The molecule has 0 unspecified atom stereocenters. The van der Waals surface area contributed by atoms with E-state index in [4.69, 9.17) is 11.6 Å². The lowest BCUT2D eigenvalue weighted by Gasteiger charge is -2.07. The Labute approximate surface area is 134 Å². The van der Waals surface area contributed by atoms with E-state index >= 15 is 0 Å². The number of anilines is 1. The van der Waals surface area contributed by atoms with Gasteiger partial charge in [-0.2, -0.15) is 0 Å². The van der Waals surface area contributed by atoms with Gasteiger partial charge in [0, 0.05) is 16.0 Å². The first-order chi connectivity index (χ1) is 10.5. The predicted octanol–water partition coefficient (Wildman–Crippen LogP) is 4.12. The molecule has 0 saturated carbocycles. The summed E-state index contributed by atoms with van der Waals surface area (Å²) in [4.78, 5) is 22.5. The van der Waals surface area contributed by atoms with Crippen molar-refractivity contribution in [3.05, 3.63) is 63.4 Å². The molecule has 2 aromatic carbocycles. The number of amides is 1. The zero-order valence-corrected chi connectivity index (χ0v) is 12.7. The molecule has 114 valence electrons. The van der Waals surface area contributed by atoms with E-state index in [2.05, 4.69) is 5.32 Å². The zero-order valence-electron chi connectivity index (χ0n) is 11.1. The largest absolute Gasteiger partial charge is 0.320 e. The number of halogens is 2. The van der Waals surface area contributed by atoms with Gasteiger partial charge in [-0.3, -0.25) is 14.9 Å². The molecule has 5 nitrogen and oxygen atoms in total. The number of hydrogen-bond donors (Lipinski definition) is 1. The molecule has 0 fully saturated rings. The number of benzene rings is 2. The number of nitro groups is 1. The van der Waals surface area contributed by atoms with Crippen LogP contribution < -0.4 is 5.32 Å². The number of nitrogens with zero attached hydrogens (tertiary/aromatic N) is 1. The van der Waals surface area contributed by atoms with Crippen LogP contribution in [0.15, 0.2) is 47.4 Å². The minimum Gasteiger partial charge on any atom is -0.320 e. The maximum Gasteiger partial charge on any atom is 0.292 e. The van der Waals surface area contributed by atoms with Gasteiger partial charge >= 0.3 is 0 Å². The third-order valence-electron chi connectivity index (χ3n) is 2.62. The fourth-order valence-electron chi connectivity index (χ4n) is 1.66. The quantitative estimate of drug-likeness (QED) is 0.505. The molecule has 0 aliphatic rings. The molecule has 0 radical (unpaired) electrons. The van der Waals surface area contributed by atoms with Crippen LogP contribution in [0.5, 0.6) is 0 Å². The van der Waals surface area contributed by atoms with Gasteiger partial charge in [-0.25, -0.2) is 4.39 Å². The lowest BCUT2D eigenvalue weighted by atomic mass is 10.2. The molecule has 0 aromatic heterocycles. The Balaban J connectivity index is 2.05. The van der Waals surface area contributed by atoms with Crippen molar-refractivity contribution in [3.63, 3.8) is 0 Å². The van der Waals surface area contributed by atoms with Crippen molar-refractivity contribution in [2.24, 2.45) is 0 Å². The minimum absolute atomic E-state index is 0.0108. The first-order valence-corrected chi connectivity index (χ1v) is 7.45. The summed E-state index contributed by atoms with van der Waals surface area (Å²) in [5.74, 6) is -0.988. The summed E-state index contributed by atoms with van der Waals surface area (Å²) in [6.07, 6.45) is 0. The topological polar surface area (TPSA) is 72.2 Å². The summed E-state index contributed by atoms with van der Waals surface area (Å²) < 4.78 is 13.4. The van der Waals surface area contributed by atoms with Gasteiger partial charge in [0.25, 0.3) is 5.69 Å². The maximum atomic E-state index is 13.4. The number of nitro benzene ring substituents is 1. The van der Waals surface area contributed by atoms with Crippen molar-refractivity contribution in [2.45, 2.75) is 4.90 Å². The summed E-state index contributed by atoms with van der Waals surface area (Å²) >= 11 is 6.77. The van der Waals surface area contributed by atoms with Crippen molar-refractivity contribution in [1.82, 2.24) is 0 Å². The average molecular weight is 341 g/mol. The van der Waals surface area contributed by atoms with Gasteiger partial charge in [0.2, 0.25) is 5.91 Å². The second-order valence-electron chi connectivity index (χ2n) is 4.19. The Bertz CT molecular complexity index is 727. The van der Waals surface area contributed by atoms with E-state index < -0.39 is 16.6 Å². The van der Waals surface area contributed by atoms with Crippen molar-refractivity contribution in [1.29, 1.82) is 0 Å². The normalized spacial score (nSPS) is 10.3. The van der Waals surface area contributed by atoms with Gasteiger partial charge in [0.1, 0.15) is 11.5 Å². The maximum absolute atomic E-state index is 13.4. The molecule has 0 bridgehead atoms. The van der Waals surface area contributed by atoms with Crippen molar-refractivity contribution >= 4 is 40.6 Å². The van der Waals surface area contributed by atoms with Crippen molar-refractivity contribution in [2.75, 3.05) is 11.1 Å². The minimum atomic E-state index is -0.615. The molecule has 8 heteroatoms. The van der Waals surface area contributed by atoms with Crippen LogP contribution in [0.1, 0.15) is 0 Å². The van der Waals surface area contributed by atoms with E-state index in [1.807, 2.05) is 0 Å². The molecule has 0 heterocycles. The first-order valence-electron chi connectivity index (χ1n) is 6.08. The van der Waals surface area contributed by atoms with Crippen LogP contribution in [0.2, 0.25) is 5.02 Å². The van der Waals surface area contributed by atoms with Crippen LogP contribution in [0.4, 0.5) is 15.8 Å². The number of carbonyl (C=O) groups excluding carboxylic acids is 1. The van der Waals surface area contributed by atoms with E-state index in [1.54, 1.807) is 18.2 Å². The van der Waals surface area contributed by atoms with Gasteiger partial charge in [-0.05, 0) is 24.3 Å². The summed E-state index contributed by atoms with van der Waals surface area (Å²) in [6, 6.07) is 9.92. The lowest BCUT2D eigenvalue weighted by molar-refractivity contribution is -0.383. The SMILES string of the molecule is O=C(CSc1ccccc1F)Nc1cc(Cl)ccc1[N+](=O)[O-]. The highest BCUT2D eigenvalue weighted by molar-refractivity contribution is 8.00. The van der Waals surface area contributed by atoms with Crippen molar-refractivity contribution in [3.8, 4) is 0 Å². The number of thioether (sulfide) groups is 1. The molecule has 2 rings (SSSR count). The summed E-state index contributed by atoms with van der Waals surface area (Å²) in [6.45, 7) is 0. The van der Waals surface area contributed by atoms with E-state index in [0.29, 0.717) is 4.90 Å². The molecule has 0 saturated heterocycles. The third-order valence-corrected chi connectivity index (χ3v) is 3.91.